The van der Waals surface area contributed by atoms with Gasteiger partial charge in [-0.15, -0.1) is 0 Å². The largest absolute Gasteiger partial charge is 0.455 e. The summed E-state index contributed by atoms with van der Waals surface area (Å²) in [5.41, 5.74) is 14.1. The first-order valence-corrected chi connectivity index (χ1v) is 14.6. The average Bonchev–Trinajstić information content (AvgIpc) is 3.51. The average molecular weight is 542 g/mol. The maximum atomic E-state index is 6.89. The van der Waals surface area contributed by atoms with Gasteiger partial charge < -0.3 is 9.32 Å². The van der Waals surface area contributed by atoms with Gasteiger partial charge in [0.15, 0.2) is 0 Å². The number of para-hydroxylation sites is 3. The van der Waals surface area contributed by atoms with Crippen LogP contribution in [0.2, 0.25) is 0 Å². The lowest BCUT2D eigenvalue weighted by molar-refractivity contribution is 0.618. The van der Waals surface area contributed by atoms with E-state index in [4.69, 9.17) is 4.42 Å². The highest BCUT2D eigenvalue weighted by Gasteiger charge is 2.39. The van der Waals surface area contributed by atoms with Crippen LogP contribution in [0.5, 0.6) is 0 Å². The van der Waals surface area contributed by atoms with Gasteiger partial charge >= 0.3 is 0 Å². The Morgan fingerprint density at radius 1 is 0.476 bits per heavy atom. The summed E-state index contributed by atoms with van der Waals surface area (Å²) in [4.78, 5) is 2.29. The third-order valence-electron chi connectivity index (χ3n) is 8.95. The van der Waals surface area contributed by atoms with Crippen molar-refractivity contribution in [3.05, 3.63) is 150 Å². The van der Waals surface area contributed by atoms with Crippen LogP contribution in [0.15, 0.2) is 138 Å². The number of benzene rings is 6. The number of hydrogen-bond acceptors (Lipinski definition) is 2. The summed E-state index contributed by atoms with van der Waals surface area (Å²) in [6.07, 6.45) is 0. The Hall–Kier alpha value is -5.08. The Morgan fingerprint density at radius 2 is 1.05 bits per heavy atom. The van der Waals surface area contributed by atoms with Crippen LogP contribution >= 0.6 is 0 Å². The Morgan fingerprint density at radius 3 is 1.74 bits per heavy atom. The fourth-order valence-corrected chi connectivity index (χ4v) is 7.17. The third-order valence-corrected chi connectivity index (χ3v) is 8.95. The second kappa shape index (κ2) is 9.22. The van der Waals surface area contributed by atoms with Crippen LogP contribution in [0.4, 0.5) is 17.1 Å². The molecule has 1 heterocycles. The normalized spacial score (nSPS) is 13.3. The predicted octanol–water partition coefficient (Wildman–Crippen LogP) is 11.3. The van der Waals surface area contributed by atoms with Crippen LogP contribution in [0.3, 0.4) is 0 Å². The number of aryl methyl sites for hydroxylation is 1. The second-order valence-electron chi connectivity index (χ2n) is 11.8. The van der Waals surface area contributed by atoms with Crippen LogP contribution in [-0.2, 0) is 5.41 Å². The SMILES string of the molecule is Cc1cccc2c1C(C)(C)c1c-2ccc2c1oc1c(-c3ccc(N(c4ccccc4)c4ccccc4)cc3)cccc12. The number of nitrogens with zero attached hydrogens (tertiary/aromatic N) is 1. The molecule has 0 atom stereocenters. The van der Waals surface area contributed by atoms with Gasteiger partial charge in [0, 0.05) is 44.4 Å². The minimum Gasteiger partial charge on any atom is -0.455 e. The Bertz CT molecular complexity index is 2060. The summed E-state index contributed by atoms with van der Waals surface area (Å²) in [5.74, 6) is 0. The van der Waals surface area contributed by atoms with E-state index in [0.717, 1.165) is 44.7 Å². The van der Waals surface area contributed by atoms with E-state index < -0.39 is 0 Å². The van der Waals surface area contributed by atoms with Crippen LogP contribution in [0.25, 0.3) is 44.2 Å². The molecule has 0 amide bonds. The highest BCUT2D eigenvalue weighted by Crippen LogP contribution is 2.54. The van der Waals surface area contributed by atoms with Gasteiger partial charge in [-0.05, 0) is 77.2 Å². The second-order valence-corrected chi connectivity index (χ2v) is 11.8. The number of anilines is 3. The molecular formula is C40H31NO. The van der Waals surface area contributed by atoms with Gasteiger partial charge in [-0.2, -0.15) is 0 Å². The van der Waals surface area contributed by atoms with Crippen molar-refractivity contribution in [2.45, 2.75) is 26.2 Å². The first kappa shape index (κ1) is 24.7. The molecule has 0 saturated carbocycles. The Kier molecular flexibility index (Phi) is 5.42. The van der Waals surface area contributed by atoms with E-state index in [-0.39, 0.29) is 5.41 Å². The van der Waals surface area contributed by atoms with Gasteiger partial charge in [0.25, 0.3) is 0 Å². The Labute approximate surface area is 246 Å². The highest BCUT2D eigenvalue weighted by atomic mass is 16.3. The summed E-state index contributed by atoms with van der Waals surface area (Å²) >= 11 is 0. The first-order valence-electron chi connectivity index (χ1n) is 14.6. The molecule has 0 aliphatic heterocycles. The maximum Gasteiger partial charge on any atom is 0.143 e. The molecule has 7 aromatic rings. The fraction of sp³-hybridized carbons (Fsp3) is 0.100. The molecular weight excluding hydrogens is 510 g/mol. The Balaban J connectivity index is 1.27. The minimum absolute atomic E-state index is 0.135. The molecule has 6 aromatic carbocycles. The summed E-state index contributed by atoms with van der Waals surface area (Å²) in [5, 5.41) is 2.34. The van der Waals surface area contributed by atoms with E-state index in [1.807, 2.05) is 0 Å². The fourth-order valence-electron chi connectivity index (χ4n) is 7.17. The van der Waals surface area contributed by atoms with Gasteiger partial charge in [0.2, 0.25) is 0 Å². The molecule has 1 aliphatic carbocycles. The van der Waals surface area contributed by atoms with Crippen molar-refractivity contribution in [1.82, 2.24) is 0 Å². The number of rotatable bonds is 4. The van der Waals surface area contributed by atoms with Crippen LogP contribution < -0.4 is 4.90 Å². The van der Waals surface area contributed by atoms with Gasteiger partial charge in [-0.1, -0.05) is 105 Å². The van der Waals surface area contributed by atoms with Crippen molar-refractivity contribution < 1.29 is 4.42 Å². The lowest BCUT2D eigenvalue weighted by Gasteiger charge is -2.25. The molecule has 2 heteroatoms. The number of hydrogen-bond donors (Lipinski definition) is 0. The molecule has 1 aliphatic rings. The van der Waals surface area contributed by atoms with Gasteiger partial charge in [-0.3, -0.25) is 0 Å². The minimum atomic E-state index is -0.135. The monoisotopic (exact) mass is 541 g/mol. The third kappa shape index (κ3) is 3.58. The first-order chi connectivity index (χ1) is 20.5. The molecule has 202 valence electrons. The van der Waals surface area contributed by atoms with E-state index in [1.54, 1.807) is 0 Å². The van der Waals surface area contributed by atoms with Crippen molar-refractivity contribution in [3.8, 4) is 22.3 Å². The molecule has 0 radical (unpaired) electrons. The topological polar surface area (TPSA) is 16.4 Å². The summed E-state index contributed by atoms with van der Waals surface area (Å²) in [6.45, 7) is 6.89. The zero-order valence-corrected chi connectivity index (χ0v) is 24.1. The molecule has 0 saturated heterocycles. The van der Waals surface area contributed by atoms with E-state index in [0.29, 0.717) is 0 Å². The van der Waals surface area contributed by atoms with Crippen LogP contribution in [0, 0.1) is 6.92 Å². The summed E-state index contributed by atoms with van der Waals surface area (Å²) < 4.78 is 6.89. The van der Waals surface area contributed by atoms with E-state index >= 15 is 0 Å². The van der Waals surface area contributed by atoms with E-state index in [9.17, 15) is 0 Å². The van der Waals surface area contributed by atoms with Crippen LogP contribution in [0.1, 0.15) is 30.5 Å². The summed E-state index contributed by atoms with van der Waals surface area (Å²) in [7, 11) is 0. The van der Waals surface area contributed by atoms with E-state index in [1.165, 1.54) is 33.2 Å². The molecule has 0 unspecified atom stereocenters. The number of furan rings is 1. The lowest BCUT2D eigenvalue weighted by atomic mass is 9.80. The molecule has 8 rings (SSSR count). The van der Waals surface area contributed by atoms with Gasteiger partial charge in [0.05, 0.1) is 0 Å². The molecule has 1 aromatic heterocycles. The standard InChI is InChI=1S/C40H31NO/c1-26-12-10-18-32-33-24-25-35-34-19-11-17-31(38(34)42-39(35)37(33)40(2,3)36(26)32)27-20-22-30(23-21-27)41(28-13-6-4-7-14-28)29-15-8-5-9-16-29/h4-25H,1-3H3. The van der Waals surface area contributed by atoms with Crippen molar-refractivity contribution in [1.29, 1.82) is 0 Å². The smallest absolute Gasteiger partial charge is 0.143 e. The highest BCUT2D eigenvalue weighted by molar-refractivity contribution is 6.12. The maximum absolute atomic E-state index is 6.89. The predicted molar refractivity (Wildman–Crippen MR) is 176 cm³/mol. The van der Waals surface area contributed by atoms with Crippen molar-refractivity contribution in [2.24, 2.45) is 0 Å². The molecule has 2 nitrogen and oxygen atoms in total. The van der Waals surface area contributed by atoms with Gasteiger partial charge in [0.1, 0.15) is 11.2 Å². The van der Waals surface area contributed by atoms with Crippen molar-refractivity contribution in [2.75, 3.05) is 4.90 Å². The molecule has 0 N–H and O–H groups in total. The molecule has 0 spiro atoms. The van der Waals surface area contributed by atoms with E-state index in [2.05, 4.69) is 159 Å². The van der Waals surface area contributed by atoms with Crippen molar-refractivity contribution >= 4 is 39.0 Å². The molecule has 42 heavy (non-hydrogen) atoms. The van der Waals surface area contributed by atoms with Gasteiger partial charge in [-0.25, -0.2) is 0 Å². The zero-order valence-electron chi connectivity index (χ0n) is 24.1. The molecule has 0 bridgehead atoms. The molecule has 0 fully saturated rings. The number of fused-ring (bicyclic) bond motifs is 7. The summed E-state index contributed by atoms with van der Waals surface area (Å²) in [6, 6.07) is 47.6. The lowest BCUT2D eigenvalue weighted by Crippen LogP contribution is -2.16. The van der Waals surface area contributed by atoms with Crippen LogP contribution in [-0.4, -0.2) is 0 Å². The quantitative estimate of drug-likeness (QED) is 0.220. The van der Waals surface area contributed by atoms with Crippen molar-refractivity contribution in [3.63, 3.8) is 0 Å². The zero-order chi connectivity index (χ0) is 28.4.